The van der Waals surface area contributed by atoms with Gasteiger partial charge in [0.05, 0.1) is 0 Å². The second-order valence-electron chi connectivity index (χ2n) is 3.01. The molecular weight excluding hydrogens is 338 g/mol. The van der Waals surface area contributed by atoms with E-state index in [1.54, 1.807) is 0 Å². The zero-order valence-electron chi connectivity index (χ0n) is 5.61. The fourth-order valence-electron chi connectivity index (χ4n) is 1.44. The summed E-state index contributed by atoms with van der Waals surface area (Å²) in [5, 5.41) is 0. The van der Waals surface area contributed by atoms with Gasteiger partial charge in [0.2, 0.25) is 0 Å². The van der Waals surface area contributed by atoms with Gasteiger partial charge in [0.25, 0.3) is 0 Å². The van der Waals surface area contributed by atoms with Gasteiger partial charge in [0, 0.05) is 7.85 Å². The van der Waals surface area contributed by atoms with Crippen LogP contribution < -0.4 is 0 Å². The molecule has 0 heterocycles. The molecule has 9 heavy (non-hydrogen) atoms. The third kappa shape index (κ3) is 2.91. The molecule has 0 nitrogen and oxygen atoms in total. The van der Waals surface area contributed by atoms with Crippen LogP contribution in [0.5, 0.6) is 0 Å². The maximum Gasteiger partial charge on any atom is 0.0122 e. The SMILES string of the molecule is CC1CC(I)CC(I)C1. The van der Waals surface area contributed by atoms with Gasteiger partial charge in [-0.05, 0) is 25.2 Å². The Bertz CT molecular complexity index is 67.9. The topological polar surface area (TPSA) is 0 Å². The summed E-state index contributed by atoms with van der Waals surface area (Å²) >= 11 is 5.16. The first kappa shape index (κ1) is 8.56. The van der Waals surface area contributed by atoms with Crippen molar-refractivity contribution in [1.82, 2.24) is 0 Å². The largest absolute Gasteiger partial charge is 0.0826 e. The third-order valence-corrected chi connectivity index (χ3v) is 3.86. The molecule has 1 fully saturated rings. The second kappa shape index (κ2) is 3.74. The summed E-state index contributed by atoms with van der Waals surface area (Å²) in [7, 11) is 0. The number of hydrogen-bond acceptors (Lipinski definition) is 0. The van der Waals surface area contributed by atoms with Crippen LogP contribution >= 0.6 is 45.2 Å². The summed E-state index contributed by atoms with van der Waals surface area (Å²) in [6.45, 7) is 2.37. The van der Waals surface area contributed by atoms with E-state index in [4.69, 9.17) is 0 Å². The molecule has 0 amide bonds. The summed E-state index contributed by atoms with van der Waals surface area (Å²) in [6.07, 6.45) is 4.32. The number of hydrogen-bond donors (Lipinski definition) is 0. The molecule has 2 heteroatoms. The number of alkyl halides is 2. The molecule has 54 valence electrons. The zero-order chi connectivity index (χ0) is 6.85. The molecule has 0 aromatic heterocycles. The smallest absolute Gasteiger partial charge is 0.0122 e. The van der Waals surface area contributed by atoms with Crippen molar-refractivity contribution in [2.45, 2.75) is 34.0 Å². The van der Waals surface area contributed by atoms with Gasteiger partial charge in [0.15, 0.2) is 0 Å². The number of halogens is 2. The highest BCUT2D eigenvalue weighted by molar-refractivity contribution is 14.1. The monoisotopic (exact) mass is 350 g/mol. The summed E-state index contributed by atoms with van der Waals surface area (Å²) in [5.74, 6) is 0.975. The normalized spacial score (nSPS) is 45.0. The minimum Gasteiger partial charge on any atom is -0.0826 e. The van der Waals surface area contributed by atoms with Gasteiger partial charge in [-0.2, -0.15) is 0 Å². The van der Waals surface area contributed by atoms with Crippen LogP contribution in [0.3, 0.4) is 0 Å². The third-order valence-electron chi connectivity index (χ3n) is 1.83. The van der Waals surface area contributed by atoms with Crippen LogP contribution in [0, 0.1) is 5.92 Å². The molecule has 2 atom stereocenters. The molecule has 0 aromatic carbocycles. The summed E-state index contributed by atoms with van der Waals surface area (Å²) in [4.78, 5) is 0. The highest BCUT2D eigenvalue weighted by atomic mass is 127. The van der Waals surface area contributed by atoms with E-state index >= 15 is 0 Å². The van der Waals surface area contributed by atoms with Crippen molar-refractivity contribution >= 4 is 45.2 Å². The highest BCUT2D eigenvalue weighted by Gasteiger charge is 2.22. The lowest BCUT2D eigenvalue weighted by Gasteiger charge is -2.26. The lowest BCUT2D eigenvalue weighted by molar-refractivity contribution is 0.420. The first-order chi connectivity index (χ1) is 4.18. The molecule has 0 bridgehead atoms. The quantitative estimate of drug-likeness (QED) is 0.464. The molecule has 0 saturated heterocycles. The molecular formula is C7H12I2. The Labute approximate surface area is 84.4 Å². The Morgan fingerprint density at radius 3 is 1.78 bits per heavy atom. The van der Waals surface area contributed by atoms with Crippen LogP contribution in [0.25, 0.3) is 0 Å². The van der Waals surface area contributed by atoms with E-state index in [2.05, 4.69) is 52.1 Å². The van der Waals surface area contributed by atoms with Crippen molar-refractivity contribution in [2.75, 3.05) is 0 Å². The Kier molecular flexibility index (Phi) is 3.55. The van der Waals surface area contributed by atoms with Crippen molar-refractivity contribution in [3.8, 4) is 0 Å². The summed E-state index contributed by atoms with van der Waals surface area (Å²) < 4.78 is 1.90. The molecule has 1 aliphatic rings. The van der Waals surface area contributed by atoms with Crippen LogP contribution in [0.4, 0.5) is 0 Å². The first-order valence-electron chi connectivity index (χ1n) is 3.46. The van der Waals surface area contributed by atoms with Gasteiger partial charge in [-0.3, -0.25) is 0 Å². The van der Waals surface area contributed by atoms with E-state index in [-0.39, 0.29) is 0 Å². The van der Waals surface area contributed by atoms with Crippen LogP contribution in [-0.2, 0) is 0 Å². The fraction of sp³-hybridized carbons (Fsp3) is 1.00. The Morgan fingerprint density at radius 2 is 1.44 bits per heavy atom. The van der Waals surface area contributed by atoms with Crippen molar-refractivity contribution in [3.05, 3.63) is 0 Å². The molecule has 1 rings (SSSR count). The Balaban J connectivity index is 2.34. The standard InChI is InChI=1S/C7H12I2/c1-5-2-6(8)4-7(9)3-5/h5-7H,2-4H2,1H3. The second-order valence-corrected chi connectivity index (χ2v) is 6.53. The lowest BCUT2D eigenvalue weighted by atomic mass is 9.91. The van der Waals surface area contributed by atoms with Gasteiger partial charge in [-0.25, -0.2) is 0 Å². The minimum atomic E-state index is 0.952. The molecule has 0 N–H and O–H groups in total. The summed E-state index contributed by atoms with van der Waals surface area (Å²) in [6, 6.07) is 0. The van der Waals surface area contributed by atoms with Crippen LogP contribution in [-0.4, -0.2) is 7.85 Å². The van der Waals surface area contributed by atoms with Gasteiger partial charge >= 0.3 is 0 Å². The fourth-order valence-corrected chi connectivity index (χ4v) is 5.38. The lowest BCUT2D eigenvalue weighted by Crippen LogP contribution is -2.20. The molecule has 0 aliphatic heterocycles. The average Bonchev–Trinajstić information content (AvgIpc) is 1.59. The molecule has 2 unspecified atom stereocenters. The molecule has 0 spiro atoms. The minimum absolute atomic E-state index is 0.952. The van der Waals surface area contributed by atoms with E-state index < -0.39 is 0 Å². The van der Waals surface area contributed by atoms with Gasteiger partial charge in [-0.15, -0.1) is 0 Å². The molecule has 0 radical (unpaired) electrons. The molecule has 1 saturated carbocycles. The average molecular weight is 350 g/mol. The maximum atomic E-state index is 2.58. The number of rotatable bonds is 0. The molecule has 0 aromatic rings. The van der Waals surface area contributed by atoms with E-state index in [0.717, 1.165) is 13.8 Å². The predicted octanol–water partition coefficient (Wildman–Crippen LogP) is 3.41. The van der Waals surface area contributed by atoms with Crippen LogP contribution in [0.15, 0.2) is 0 Å². The van der Waals surface area contributed by atoms with Gasteiger partial charge in [0.1, 0.15) is 0 Å². The van der Waals surface area contributed by atoms with Gasteiger partial charge < -0.3 is 0 Å². The van der Waals surface area contributed by atoms with Crippen molar-refractivity contribution < 1.29 is 0 Å². The maximum absolute atomic E-state index is 2.58. The Hall–Kier alpha value is 1.46. The van der Waals surface area contributed by atoms with E-state index in [1.807, 2.05) is 0 Å². The Morgan fingerprint density at radius 1 is 1.00 bits per heavy atom. The predicted molar refractivity (Wildman–Crippen MR) is 58.6 cm³/mol. The van der Waals surface area contributed by atoms with E-state index in [0.29, 0.717) is 0 Å². The highest BCUT2D eigenvalue weighted by Crippen LogP contribution is 2.33. The van der Waals surface area contributed by atoms with Crippen molar-refractivity contribution in [1.29, 1.82) is 0 Å². The van der Waals surface area contributed by atoms with E-state index in [1.165, 1.54) is 19.3 Å². The van der Waals surface area contributed by atoms with Crippen LogP contribution in [0.1, 0.15) is 26.2 Å². The van der Waals surface area contributed by atoms with Gasteiger partial charge in [-0.1, -0.05) is 52.1 Å². The van der Waals surface area contributed by atoms with Crippen molar-refractivity contribution in [3.63, 3.8) is 0 Å². The van der Waals surface area contributed by atoms with E-state index in [9.17, 15) is 0 Å². The van der Waals surface area contributed by atoms with Crippen LogP contribution in [0.2, 0.25) is 0 Å². The van der Waals surface area contributed by atoms with Crippen molar-refractivity contribution in [2.24, 2.45) is 5.92 Å². The first-order valence-corrected chi connectivity index (χ1v) is 5.95. The zero-order valence-corrected chi connectivity index (χ0v) is 9.92. The summed E-state index contributed by atoms with van der Waals surface area (Å²) in [5.41, 5.74) is 0. The molecule has 1 aliphatic carbocycles.